The van der Waals surface area contributed by atoms with E-state index in [2.05, 4.69) is 4.72 Å². The summed E-state index contributed by atoms with van der Waals surface area (Å²) in [6.07, 6.45) is -0.919. The van der Waals surface area contributed by atoms with Crippen LogP contribution in [0.25, 0.3) is 0 Å². The van der Waals surface area contributed by atoms with E-state index in [-0.39, 0.29) is 17.5 Å². The molecule has 2 aromatic carbocycles. The number of ether oxygens (including phenoxy) is 1. The number of nitrogens with one attached hydrogen (secondary N) is 1. The minimum Gasteiger partial charge on any atom is -0.460 e. The number of rotatable bonds is 10. The van der Waals surface area contributed by atoms with Crippen molar-refractivity contribution in [1.82, 2.24) is 4.72 Å². The molecule has 0 fully saturated rings. The van der Waals surface area contributed by atoms with Crippen LogP contribution < -0.4 is 4.72 Å². The highest BCUT2D eigenvalue weighted by Gasteiger charge is 2.33. The molecule has 0 aliphatic carbocycles. The highest BCUT2D eigenvalue weighted by atomic mass is 32.2. The second-order valence-electron chi connectivity index (χ2n) is 9.34. The van der Waals surface area contributed by atoms with Crippen LogP contribution in [0.1, 0.15) is 45.2 Å². The number of carbonyl (C=O) groups is 2. The quantitative estimate of drug-likeness (QED) is 0.281. The molecule has 0 aliphatic rings. The summed E-state index contributed by atoms with van der Waals surface area (Å²) in [6, 6.07) is 5.87. The number of nitro benzene ring substituents is 1. The molecule has 0 unspecified atom stereocenters. The maximum absolute atomic E-state index is 14.5. The number of esters is 1. The van der Waals surface area contributed by atoms with Crippen molar-refractivity contribution in [3.8, 4) is 0 Å². The Balaban J connectivity index is 2.29. The smallest absolute Gasteiger partial charge is 0.310 e. The van der Waals surface area contributed by atoms with Gasteiger partial charge in [0.1, 0.15) is 5.60 Å². The lowest BCUT2D eigenvalue weighted by molar-refractivity contribution is -0.387. The van der Waals surface area contributed by atoms with Crippen molar-refractivity contribution in [2.45, 2.75) is 64.0 Å². The van der Waals surface area contributed by atoms with Crippen LogP contribution in [0, 0.1) is 34.6 Å². The molecule has 2 rings (SSSR count). The van der Waals surface area contributed by atoms with Gasteiger partial charge in [-0.2, -0.15) is 0 Å². The fourth-order valence-corrected chi connectivity index (χ4v) is 4.75. The number of nitro groups is 1. The number of sulfonamides is 1. The molecule has 2 aromatic rings. The summed E-state index contributed by atoms with van der Waals surface area (Å²) in [5.41, 5.74) is -1.68. The van der Waals surface area contributed by atoms with Crippen molar-refractivity contribution >= 4 is 27.5 Å². The fraction of sp³-hybridized carbons (Fsp3) is 0.417. The number of hydrogen-bond donors (Lipinski definition) is 1. The molecule has 0 amide bonds. The molecule has 196 valence electrons. The van der Waals surface area contributed by atoms with E-state index in [1.165, 1.54) is 38.1 Å². The largest absolute Gasteiger partial charge is 0.460 e. The molecule has 0 aliphatic heterocycles. The van der Waals surface area contributed by atoms with Crippen LogP contribution in [0.2, 0.25) is 0 Å². The summed E-state index contributed by atoms with van der Waals surface area (Å²) in [5.74, 6) is -5.06. The zero-order valence-corrected chi connectivity index (χ0v) is 21.3. The number of para-hydroxylation sites is 1. The van der Waals surface area contributed by atoms with E-state index < -0.39 is 72.9 Å². The zero-order valence-electron chi connectivity index (χ0n) is 20.5. The van der Waals surface area contributed by atoms with Gasteiger partial charge in [-0.25, -0.2) is 21.9 Å². The van der Waals surface area contributed by atoms with Crippen LogP contribution in [0.15, 0.2) is 41.3 Å². The summed E-state index contributed by atoms with van der Waals surface area (Å²) in [7, 11) is -4.48. The molecule has 9 nitrogen and oxygen atoms in total. The molecule has 1 N–H and O–H groups in total. The van der Waals surface area contributed by atoms with E-state index >= 15 is 0 Å². The number of halogens is 2. The number of Topliss-reactive ketones (excluding diaryl/α,β-unsaturated/α-hetero) is 1. The molecule has 0 heterocycles. The van der Waals surface area contributed by atoms with Gasteiger partial charge in [0.25, 0.3) is 5.69 Å². The molecule has 12 heteroatoms. The maximum Gasteiger partial charge on any atom is 0.310 e. The lowest BCUT2D eigenvalue weighted by Gasteiger charge is -2.25. The number of carbonyl (C=O) groups excluding carboxylic acids is 2. The Morgan fingerprint density at radius 1 is 1.11 bits per heavy atom. The molecule has 0 aromatic heterocycles. The second kappa shape index (κ2) is 11.2. The number of nitrogens with zero attached hydrogens (tertiary/aromatic N) is 1. The van der Waals surface area contributed by atoms with Gasteiger partial charge in [0.15, 0.2) is 22.3 Å². The van der Waals surface area contributed by atoms with Crippen LogP contribution in [-0.4, -0.2) is 36.7 Å². The monoisotopic (exact) mass is 526 g/mol. The van der Waals surface area contributed by atoms with Crippen molar-refractivity contribution in [1.29, 1.82) is 0 Å². The molecule has 0 saturated heterocycles. The average Bonchev–Trinajstić information content (AvgIpc) is 2.77. The second-order valence-corrected chi connectivity index (χ2v) is 11.0. The molecule has 36 heavy (non-hydrogen) atoms. The fourth-order valence-electron chi connectivity index (χ4n) is 3.35. The normalized spacial score (nSPS) is 13.6. The number of ketones is 1. The summed E-state index contributed by atoms with van der Waals surface area (Å²) in [4.78, 5) is 35.4. The molecule has 0 radical (unpaired) electrons. The summed E-state index contributed by atoms with van der Waals surface area (Å²) < 4.78 is 61.4. The van der Waals surface area contributed by atoms with E-state index in [4.69, 9.17) is 4.74 Å². The molecule has 0 bridgehead atoms. The molecule has 2 atom stereocenters. The molecular formula is C24H28F2N2O7S. The van der Waals surface area contributed by atoms with Gasteiger partial charge in [-0.3, -0.25) is 19.7 Å². The summed E-state index contributed by atoms with van der Waals surface area (Å²) in [6.45, 7) is 7.38. The third kappa shape index (κ3) is 7.37. The zero-order chi connectivity index (χ0) is 27.4. The standard InChI is InChI=1S/C24H28F2N2O7S/c1-14-10-11-16(22(26)21(14)25)12-17(23(30)35-24(3,4)5)13-19(29)15(2)27-36(33,34)20-9-7-6-8-18(20)28(31)32/h6-11,15,17,27H,12-13H2,1-5H3/t15-,17+/m0/s1. The average molecular weight is 527 g/mol. The summed E-state index contributed by atoms with van der Waals surface area (Å²) in [5, 5.41) is 11.2. The summed E-state index contributed by atoms with van der Waals surface area (Å²) >= 11 is 0. The third-order valence-electron chi connectivity index (χ3n) is 5.18. The van der Waals surface area contributed by atoms with Crippen molar-refractivity contribution in [3.63, 3.8) is 0 Å². The molecule has 0 spiro atoms. The van der Waals surface area contributed by atoms with E-state index in [0.29, 0.717) is 0 Å². The minimum atomic E-state index is -4.48. The SMILES string of the molecule is Cc1ccc(C[C@H](CC(=O)[C@H](C)NS(=O)(=O)c2ccccc2[N+](=O)[O-])C(=O)OC(C)(C)C)c(F)c1F. The van der Waals surface area contributed by atoms with Crippen LogP contribution >= 0.6 is 0 Å². The number of benzene rings is 2. The lowest BCUT2D eigenvalue weighted by atomic mass is 9.91. The van der Waals surface area contributed by atoms with Gasteiger partial charge in [-0.15, -0.1) is 0 Å². The van der Waals surface area contributed by atoms with Crippen LogP contribution in [-0.2, 0) is 30.8 Å². The van der Waals surface area contributed by atoms with Gasteiger partial charge in [0.2, 0.25) is 10.0 Å². The van der Waals surface area contributed by atoms with Crippen LogP contribution in [0.3, 0.4) is 0 Å². The van der Waals surface area contributed by atoms with E-state index in [0.717, 1.165) is 12.1 Å². The Kier molecular flexibility index (Phi) is 9.03. The number of hydrogen-bond acceptors (Lipinski definition) is 7. The highest BCUT2D eigenvalue weighted by Crippen LogP contribution is 2.25. The lowest BCUT2D eigenvalue weighted by Crippen LogP contribution is -2.40. The van der Waals surface area contributed by atoms with Gasteiger partial charge >= 0.3 is 5.97 Å². The predicted molar refractivity (Wildman–Crippen MR) is 127 cm³/mol. The Hall–Kier alpha value is -3.25. The van der Waals surface area contributed by atoms with Crippen molar-refractivity contribution in [2.75, 3.05) is 0 Å². The van der Waals surface area contributed by atoms with E-state index in [9.17, 15) is 36.9 Å². The van der Waals surface area contributed by atoms with E-state index in [1.807, 2.05) is 0 Å². The van der Waals surface area contributed by atoms with Crippen LogP contribution in [0.4, 0.5) is 14.5 Å². The first-order chi connectivity index (χ1) is 16.5. The third-order valence-corrected chi connectivity index (χ3v) is 6.76. The van der Waals surface area contributed by atoms with Crippen molar-refractivity contribution < 1.29 is 36.4 Å². The molecule has 0 saturated carbocycles. The Morgan fingerprint density at radius 2 is 1.72 bits per heavy atom. The van der Waals surface area contributed by atoms with Gasteiger partial charge in [0, 0.05) is 12.5 Å². The number of aryl methyl sites for hydroxylation is 1. The van der Waals surface area contributed by atoms with Gasteiger partial charge in [0.05, 0.1) is 16.9 Å². The molecular weight excluding hydrogens is 498 g/mol. The first-order valence-corrected chi connectivity index (χ1v) is 12.5. The first-order valence-electron chi connectivity index (χ1n) is 11.0. The van der Waals surface area contributed by atoms with Crippen molar-refractivity contribution in [3.05, 3.63) is 69.3 Å². The van der Waals surface area contributed by atoms with E-state index in [1.54, 1.807) is 20.8 Å². The maximum atomic E-state index is 14.5. The Morgan fingerprint density at radius 3 is 2.31 bits per heavy atom. The van der Waals surface area contributed by atoms with Crippen LogP contribution in [0.5, 0.6) is 0 Å². The topological polar surface area (TPSA) is 133 Å². The highest BCUT2D eigenvalue weighted by molar-refractivity contribution is 7.89. The van der Waals surface area contributed by atoms with Gasteiger partial charge < -0.3 is 4.74 Å². The van der Waals surface area contributed by atoms with Gasteiger partial charge in [-0.05, 0) is 58.2 Å². The Bertz CT molecular complexity index is 1270. The minimum absolute atomic E-state index is 0.0687. The Labute approximate surface area is 208 Å². The van der Waals surface area contributed by atoms with Gasteiger partial charge in [-0.1, -0.05) is 24.3 Å². The first kappa shape index (κ1) is 29.0. The van der Waals surface area contributed by atoms with Crippen molar-refractivity contribution in [2.24, 2.45) is 5.92 Å². The predicted octanol–water partition coefficient (Wildman–Crippen LogP) is 4.01.